The van der Waals surface area contributed by atoms with Crippen LogP contribution in [0.2, 0.25) is 0 Å². The lowest BCUT2D eigenvalue weighted by atomic mass is 10.1. The van der Waals surface area contributed by atoms with Gasteiger partial charge in [0.2, 0.25) is 10.0 Å². The van der Waals surface area contributed by atoms with Gasteiger partial charge in [0, 0.05) is 6.54 Å². The van der Waals surface area contributed by atoms with Crippen LogP contribution in [0.3, 0.4) is 0 Å². The zero-order valence-corrected chi connectivity index (χ0v) is 15.4. The van der Waals surface area contributed by atoms with Gasteiger partial charge in [0.05, 0.1) is 9.37 Å². The van der Waals surface area contributed by atoms with Crippen LogP contribution in [-0.2, 0) is 21.2 Å². The molecule has 0 bridgehead atoms. The fraction of sp³-hybridized carbons (Fsp3) is 0.188. The van der Waals surface area contributed by atoms with Crippen molar-refractivity contribution in [1.82, 2.24) is 5.32 Å². The molecule has 0 saturated carbocycles. The van der Waals surface area contributed by atoms with E-state index in [1.54, 1.807) is 12.1 Å². The summed E-state index contributed by atoms with van der Waals surface area (Å²) >= 11 is 3.15. The Bertz CT molecular complexity index is 857. The molecule has 25 heavy (non-hydrogen) atoms. The second-order valence-electron chi connectivity index (χ2n) is 5.15. The molecular weight excluding hydrogens is 415 g/mol. The Morgan fingerprint density at radius 2 is 1.88 bits per heavy atom. The number of amides is 1. The van der Waals surface area contributed by atoms with Crippen molar-refractivity contribution in [2.24, 2.45) is 5.14 Å². The van der Waals surface area contributed by atoms with Crippen molar-refractivity contribution < 1.29 is 22.3 Å². The summed E-state index contributed by atoms with van der Waals surface area (Å²) in [6, 6.07) is 10.0. The lowest BCUT2D eigenvalue weighted by Crippen LogP contribution is -2.30. The van der Waals surface area contributed by atoms with E-state index in [2.05, 4.69) is 21.2 Å². The number of ether oxygens (including phenoxy) is 1. The fourth-order valence-electron chi connectivity index (χ4n) is 1.98. The van der Waals surface area contributed by atoms with Crippen LogP contribution in [0.25, 0.3) is 0 Å². The van der Waals surface area contributed by atoms with Crippen LogP contribution in [0.1, 0.15) is 5.56 Å². The molecule has 6 nitrogen and oxygen atoms in total. The summed E-state index contributed by atoms with van der Waals surface area (Å²) in [7, 11) is -3.71. The first-order valence-corrected chi connectivity index (χ1v) is 9.56. The Labute approximate surface area is 153 Å². The van der Waals surface area contributed by atoms with Gasteiger partial charge in [0.25, 0.3) is 5.91 Å². The van der Waals surface area contributed by atoms with Gasteiger partial charge in [-0.25, -0.2) is 17.9 Å². The van der Waals surface area contributed by atoms with E-state index >= 15 is 0 Å². The zero-order chi connectivity index (χ0) is 18.4. The molecule has 0 aliphatic rings. The average Bonchev–Trinajstić information content (AvgIpc) is 2.53. The third-order valence-electron chi connectivity index (χ3n) is 3.24. The normalized spacial score (nSPS) is 11.2. The van der Waals surface area contributed by atoms with Gasteiger partial charge in [-0.2, -0.15) is 0 Å². The number of benzene rings is 2. The molecule has 9 heteroatoms. The van der Waals surface area contributed by atoms with E-state index in [0.29, 0.717) is 23.2 Å². The molecule has 0 saturated heterocycles. The predicted molar refractivity (Wildman–Crippen MR) is 94.1 cm³/mol. The fourth-order valence-corrected chi connectivity index (χ4v) is 2.96. The third kappa shape index (κ3) is 6.11. The lowest BCUT2D eigenvalue weighted by molar-refractivity contribution is -0.123. The number of primary sulfonamides is 1. The molecule has 2 aromatic carbocycles. The summed E-state index contributed by atoms with van der Waals surface area (Å²) in [5, 5.41) is 7.70. The van der Waals surface area contributed by atoms with E-state index in [9.17, 15) is 17.6 Å². The standard InChI is InChI=1S/C16H16BrFN2O4S/c17-14-9-12(18)3-6-15(14)24-10-16(21)20-8-7-11-1-4-13(5-2-11)25(19,22)23/h1-6,9H,7-8,10H2,(H,20,21)(H2,19,22,23). The van der Waals surface area contributed by atoms with Gasteiger partial charge in [-0.3, -0.25) is 4.79 Å². The lowest BCUT2D eigenvalue weighted by Gasteiger charge is -2.09. The number of rotatable bonds is 7. The summed E-state index contributed by atoms with van der Waals surface area (Å²) in [5.74, 6) is -0.357. The third-order valence-corrected chi connectivity index (χ3v) is 4.79. The topological polar surface area (TPSA) is 98.5 Å². The number of carbonyl (C=O) groups is 1. The van der Waals surface area contributed by atoms with Gasteiger partial charge < -0.3 is 10.1 Å². The minimum atomic E-state index is -3.71. The highest BCUT2D eigenvalue weighted by Crippen LogP contribution is 2.25. The first-order valence-electron chi connectivity index (χ1n) is 7.22. The highest BCUT2D eigenvalue weighted by Gasteiger charge is 2.08. The van der Waals surface area contributed by atoms with Crippen molar-refractivity contribution in [3.05, 3.63) is 58.3 Å². The maximum atomic E-state index is 13.0. The van der Waals surface area contributed by atoms with Crippen LogP contribution in [0, 0.1) is 5.82 Å². The van der Waals surface area contributed by atoms with Gasteiger partial charge in [-0.05, 0) is 58.2 Å². The molecule has 0 aliphatic heterocycles. The largest absolute Gasteiger partial charge is 0.483 e. The minimum absolute atomic E-state index is 0.0403. The molecule has 2 rings (SSSR count). The summed E-state index contributed by atoms with van der Waals surface area (Å²) < 4.78 is 41.0. The molecule has 0 radical (unpaired) electrons. The van der Waals surface area contributed by atoms with Gasteiger partial charge in [-0.1, -0.05) is 12.1 Å². The van der Waals surface area contributed by atoms with Crippen LogP contribution in [-0.4, -0.2) is 27.5 Å². The SMILES string of the molecule is NS(=O)(=O)c1ccc(CCNC(=O)COc2ccc(F)cc2Br)cc1. The van der Waals surface area contributed by atoms with Crippen molar-refractivity contribution in [1.29, 1.82) is 0 Å². The van der Waals surface area contributed by atoms with Crippen molar-refractivity contribution in [3.8, 4) is 5.75 Å². The Hall–Kier alpha value is -1.97. The molecule has 134 valence electrons. The maximum absolute atomic E-state index is 13.0. The molecule has 0 heterocycles. The van der Waals surface area contributed by atoms with Crippen LogP contribution in [0.5, 0.6) is 5.75 Å². The Morgan fingerprint density at radius 1 is 1.20 bits per heavy atom. The van der Waals surface area contributed by atoms with E-state index < -0.39 is 15.8 Å². The van der Waals surface area contributed by atoms with Crippen molar-refractivity contribution in [3.63, 3.8) is 0 Å². The van der Waals surface area contributed by atoms with Crippen LogP contribution in [0.4, 0.5) is 4.39 Å². The van der Waals surface area contributed by atoms with E-state index in [1.165, 1.54) is 30.3 Å². The van der Waals surface area contributed by atoms with E-state index in [1.807, 2.05) is 0 Å². The first-order chi connectivity index (χ1) is 11.8. The molecule has 0 aromatic heterocycles. The molecule has 0 fully saturated rings. The molecule has 0 unspecified atom stereocenters. The maximum Gasteiger partial charge on any atom is 0.257 e. The highest BCUT2D eigenvalue weighted by molar-refractivity contribution is 9.10. The van der Waals surface area contributed by atoms with Gasteiger partial charge in [0.15, 0.2) is 6.61 Å². The molecule has 0 aliphatic carbocycles. The number of carbonyl (C=O) groups excluding carboxylic acids is 1. The molecule has 0 atom stereocenters. The summed E-state index contributed by atoms with van der Waals surface area (Å²) in [5.41, 5.74) is 0.856. The van der Waals surface area contributed by atoms with E-state index in [0.717, 1.165) is 5.56 Å². The summed E-state index contributed by atoms with van der Waals surface area (Å²) in [6.07, 6.45) is 0.525. The second kappa shape index (κ2) is 8.41. The van der Waals surface area contributed by atoms with E-state index in [-0.39, 0.29) is 17.4 Å². The Balaban J connectivity index is 1.77. The molecule has 3 N–H and O–H groups in total. The summed E-state index contributed by atoms with van der Waals surface area (Å²) in [6.45, 7) is 0.163. The first kappa shape index (κ1) is 19.4. The number of hydrogen-bond acceptors (Lipinski definition) is 4. The molecule has 2 aromatic rings. The Kier molecular flexibility index (Phi) is 6.51. The van der Waals surface area contributed by atoms with Crippen molar-refractivity contribution >= 4 is 31.9 Å². The Morgan fingerprint density at radius 3 is 2.48 bits per heavy atom. The smallest absolute Gasteiger partial charge is 0.257 e. The highest BCUT2D eigenvalue weighted by atomic mass is 79.9. The average molecular weight is 431 g/mol. The number of halogens is 2. The number of sulfonamides is 1. The number of hydrogen-bond donors (Lipinski definition) is 2. The summed E-state index contributed by atoms with van der Waals surface area (Å²) in [4.78, 5) is 11.8. The van der Waals surface area contributed by atoms with Crippen LogP contribution in [0.15, 0.2) is 51.8 Å². The van der Waals surface area contributed by atoms with Crippen molar-refractivity contribution in [2.45, 2.75) is 11.3 Å². The molecule has 1 amide bonds. The predicted octanol–water partition coefficient (Wildman–Crippen LogP) is 1.97. The minimum Gasteiger partial charge on any atom is -0.483 e. The van der Waals surface area contributed by atoms with Gasteiger partial charge >= 0.3 is 0 Å². The zero-order valence-electron chi connectivity index (χ0n) is 13.0. The van der Waals surface area contributed by atoms with Gasteiger partial charge in [-0.15, -0.1) is 0 Å². The van der Waals surface area contributed by atoms with E-state index in [4.69, 9.17) is 9.88 Å². The quantitative estimate of drug-likeness (QED) is 0.701. The number of nitrogens with one attached hydrogen (secondary N) is 1. The van der Waals surface area contributed by atoms with Crippen LogP contribution < -0.4 is 15.2 Å². The second-order valence-corrected chi connectivity index (χ2v) is 7.57. The monoisotopic (exact) mass is 430 g/mol. The van der Waals surface area contributed by atoms with Gasteiger partial charge in [0.1, 0.15) is 11.6 Å². The van der Waals surface area contributed by atoms with Crippen LogP contribution >= 0.6 is 15.9 Å². The van der Waals surface area contributed by atoms with Crippen molar-refractivity contribution in [2.75, 3.05) is 13.2 Å². The molecule has 0 spiro atoms. The number of nitrogens with two attached hydrogens (primary N) is 1. The molecular formula is C16H16BrFN2O4S.